The Kier molecular flexibility index (Phi) is 7.60. The highest BCUT2D eigenvalue weighted by molar-refractivity contribution is 7.80. The fourth-order valence-corrected chi connectivity index (χ4v) is 2.86. The van der Waals surface area contributed by atoms with Gasteiger partial charge in [0.1, 0.15) is 5.82 Å². The summed E-state index contributed by atoms with van der Waals surface area (Å²) >= 11 is 4.30. The Morgan fingerprint density at radius 3 is 2.38 bits per heavy atom. The SMILES string of the molecule is Cl.Cl.SCCN1CCN(c2ccc3ccccc3n2)CC1. The highest BCUT2D eigenvalue weighted by Crippen LogP contribution is 2.19. The molecule has 0 atom stereocenters. The molecule has 0 radical (unpaired) electrons. The molecule has 0 N–H and O–H groups in total. The molecule has 0 unspecified atom stereocenters. The van der Waals surface area contributed by atoms with Crippen LogP contribution >= 0.6 is 37.4 Å². The lowest BCUT2D eigenvalue weighted by molar-refractivity contribution is 0.273. The van der Waals surface area contributed by atoms with Gasteiger partial charge in [0.25, 0.3) is 0 Å². The summed E-state index contributed by atoms with van der Waals surface area (Å²) in [5.41, 5.74) is 1.08. The van der Waals surface area contributed by atoms with E-state index in [-0.39, 0.29) is 24.8 Å². The predicted octanol–water partition coefficient (Wildman–Crippen LogP) is 3.13. The van der Waals surface area contributed by atoms with Gasteiger partial charge in [0, 0.05) is 43.9 Å². The molecule has 1 aliphatic heterocycles. The molecule has 1 fully saturated rings. The topological polar surface area (TPSA) is 19.4 Å². The van der Waals surface area contributed by atoms with Gasteiger partial charge in [-0.1, -0.05) is 18.2 Å². The van der Waals surface area contributed by atoms with Crippen molar-refractivity contribution in [1.29, 1.82) is 0 Å². The molecule has 1 saturated heterocycles. The van der Waals surface area contributed by atoms with Crippen molar-refractivity contribution in [1.82, 2.24) is 9.88 Å². The minimum absolute atomic E-state index is 0. The predicted molar refractivity (Wildman–Crippen MR) is 98.7 cm³/mol. The molecule has 1 aliphatic rings. The molecule has 0 amide bonds. The summed E-state index contributed by atoms with van der Waals surface area (Å²) in [4.78, 5) is 9.60. The largest absolute Gasteiger partial charge is 0.354 e. The van der Waals surface area contributed by atoms with E-state index in [9.17, 15) is 0 Å². The van der Waals surface area contributed by atoms with Gasteiger partial charge in [-0.3, -0.25) is 4.90 Å². The van der Waals surface area contributed by atoms with E-state index in [0.717, 1.165) is 49.8 Å². The number of benzene rings is 1. The number of pyridine rings is 1. The second kappa shape index (κ2) is 8.69. The number of fused-ring (bicyclic) bond motifs is 1. The van der Waals surface area contributed by atoms with Crippen LogP contribution in [0.3, 0.4) is 0 Å². The summed E-state index contributed by atoms with van der Waals surface area (Å²) in [7, 11) is 0. The number of nitrogens with zero attached hydrogens (tertiary/aromatic N) is 3. The molecule has 21 heavy (non-hydrogen) atoms. The van der Waals surface area contributed by atoms with Crippen molar-refractivity contribution in [3.63, 3.8) is 0 Å². The molecule has 116 valence electrons. The summed E-state index contributed by atoms with van der Waals surface area (Å²) in [6, 6.07) is 12.6. The lowest BCUT2D eigenvalue weighted by Crippen LogP contribution is -2.47. The molecule has 0 aliphatic carbocycles. The number of anilines is 1. The quantitative estimate of drug-likeness (QED) is 0.862. The molecule has 0 bridgehead atoms. The highest BCUT2D eigenvalue weighted by Gasteiger charge is 2.17. The average molecular weight is 346 g/mol. The van der Waals surface area contributed by atoms with Crippen molar-refractivity contribution >= 4 is 54.2 Å². The van der Waals surface area contributed by atoms with Gasteiger partial charge in [-0.05, 0) is 18.2 Å². The first-order chi connectivity index (χ1) is 9.36. The van der Waals surface area contributed by atoms with Gasteiger partial charge < -0.3 is 4.90 Å². The van der Waals surface area contributed by atoms with Crippen molar-refractivity contribution < 1.29 is 0 Å². The van der Waals surface area contributed by atoms with Gasteiger partial charge in [-0.25, -0.2) is 4.98 Å². The van der Waals surface area contributed by atoms with E-state index in [1.165, 1.54) is 5.39 Å². The molecule has 1 aromatic heterocycles. The third kappa shape index (κ3) is 4.39. The van der Waals surface area contributed by atoms with E-state index in [0.29, 0.717) is 0 Å². The number of para-hydroxylation sites is 1. The van der Waals surface area contributed by atoms with Crippen LogP contribution in [-0.2, 0) is 0 Å². The van der Waals surface area contributed by atoms with Crippen molar-refractivity contribution in [3.8, 4) is 0 Å². The lowest BCUT2D eigenvalue weighted by atomic mass is 10.2. The Labute approximate surface area is 143 Å². The molecule has 3 nitrogen and oxygen atoms in total. The maximum Gasteiger partial charge on any atom is 0.129 e. The second-order valence-electron chi connectivity index (χ2n) is 4.91. The van der Waals surface area contributed by atoms with Crippen LogP contribution in [0.4, 0.5) is 5.82 Å². The molecule has 0 saturated carbocycles. The van der Waals surface area contributed by atoms with Gasteiger partial charge in [0.05, 0.1) is 5.52 Å². The Morgan fingerprint density at radius 1 is 0.952 bits per heavy atom. The van der Waals surface area contributed by atoms with Crippen molar-refractivity contribution in [2.75, 3.05) is 43.4 Å². The maximum absolute atomic E-state index is 4.76. The molecule has 0 spiro atoms. The van der Waals surface area contributed by atoms with Gasteiger partial charge in [0.2, 0.25) is 0 Å². The third-order valence-corrected chi connectivity index (χ3v) is 3.90. The number of thiol groups is 1. The van der Waals surface area contributed by atoms with Crippen LogP contribution < -0.4 is 4.90 Å². The lowest BCUT2D eigenvalue weighted by Gasteiger charge is -2.35. The molecule has 2 heterocycles. The van der Waals surface area contributed by atoms with Crippen LogP contribution in [0.15, 0.2) is 36.4 Å². The minimum atomic E-state index is 0. The smallest absolute Gasteiger partial charge is 0.129 e. The fraction of sp³-hybridized carbons (Fsp3) is 0.400. The van der Waals surface area contributed by atoms with Crippen LogP contribution in [0.5, 0.6) is 0 Å². The van der Waals surface area contributed by atoms with Crippen molar-refractivity contribution in [2.24, 2.45) is 0 Å². The van der Waals surface area contributed by atoms with Gasteiger partial charge in [0.15, 0.2) is 0 Å². The van der Waals surface area contributed by atoms with E-state index in [1.807, 2.05) is 6.07 Å². The zero-order valence-electron chi connectivity index (χ0n) is 11.8. The van der Waals surface area contributed by atoms with Crippen LogP contribution in [0, 0.1) is 0 Å². The van der Waals surface area contributed by atoms with Gasteiger partial charge >= 0.3 is 0 Å². The summed E-state index contributed by atoms with van der Waals surface area (Å²) in [6.07, 6.45) is 0. The first-order valence-electron chi connectivity index (χ1n) is 6.81. The molecule has 2 aromatic rings. The van der Waals surface area contributed by atoms with Crippen LogP contribution in [0.25, 0.3) is 10.9 Å². The average Bonchev–Trinajstić information content (AvgIpc) is 2.48. The number of halogens is 2. The number of aromatic nitrogens is 1. The second-order valence-corrected chi connectivity index (χ2v) is 5.36. The van der Waals surface area contributed by atoms with E-state index in [1.54, 1.807) is 0 Å². The maximum atomic E-state index is 4.76. The summed E-state index contributed by atoms with van der Waals surface area (Å²) in [5, 5.41) is 1.21. The van der Waals surface area contributed by atoms with Gasteiger partial charge in [-0.2, -0.15) is 12.6 Å². The Balaban J connectivity index is 0.00000110. The van der Waals surface area contributed by atoms with Crippen LogP contribution in [0.2, 0.25) is 0 Å². The van der Waals surface area contributed by atoms with Crippen molar-refractivity contribution in [3.05, 3.63) is 36.4 Å². The summed E-state index contributed by atoms with van der Waals surface area (Å²) < 4.78 is 0. The Bertz CT molecular complexity index is 559. The number of piperazine rings is 1. The number of hydrogen-bond donors (Lipinski definition) is 1. The first-order valence-corrected chi connectivity index (χ1v) is 7.44. The first kappa shape index (κ1) is 18.4. The summed E-state index contributed by atoms with van der Waals surface area (Å²) in [6.45, 7) is 5.41. The fourth-order valence-electron chi connectivity index (χ4n) is 2.57. The Morgan fingerprint density at radius 2 is 1.67 bits per heavy atom. The Hall–Kier alpha value is -0.680. The van der Waals surface area contributed by atoms with E-state index in [2.05, 4.69) is 52.8 Å². The highest BCUT2D eigenvalue weighted by atomic mass is 35.5. The zero-order chi connectivity index (χ0) is 13.1. The van der Waals surface area contributed by atoms with Crippen LogP contribution in [-0.4, -0.2) is 48.4 Å². The zero-order valence-corrected chi connectivity index (χ0v) is 14.3. The minimum Gasteiger partial charge on any atom is -0.354 e. The monoisotopic (exact) mass is 345 g/mol. The van der Waals surface area contributed by atoms with Gasteiger partial charge in [-0.15, -0.1) is 24.8 Å². The van der Waals surface area contributed by atoms with Crippen LogP contribution in [0.1, 0.15) is 0 Å². The molecule has 3 rings (SSSR count). The number of rotatable bonds is 3. The summed E-state index contributed by atoms with van der Waals surface area (Å²) in [5.74, 6) is 2.04. The molecule has 6 heteroatoms. The van der Waals surface area contributed by atoms with Crippen molar-refractivity contribution in [2.45, 2.75) is 0 Å². The normalized spacial score (nSPS) is 15.4. The molecular formula is C15H21Cl2N3S. The third-order valence-electron chi connectivity index (χ3n) is 3.70. The molecule has 1 aromatic carbocycles. The number of hydrogen-bond acceptors (Lipinski definition) is 4. The molecular weight excluding hydrogens is 325 g/mol. The standard InChI is InChI=1S/C15H19N3S.2ClH/c19-12-11-17-7-9-18(10-8-17)15-6-5-13-3-1-2-4-14(13)16-15;;/h1-6,19H,7-12H2;2*1H. The van der Waals surface area contributed by atoms with E-state index < -0.39 is 0 Å². The van der Waals surface area contributed by atoms with E-state index >= 15 is 0 Å². The van der Waals surface area contributed by atoms with E-state index in [4.69, 9.17) is 4.98 Å².